The Labute approximate surface area is 125 Å². The summed E-state index contributed by atoms with van der Waals surface area (Å²) in [7, 11) is 1.70. The predicted molar refractivity (Wildman–Crippen MR) is 84.9 cm³/mol. The predicted octanol–water partition coefficient (Wildman–Crippen LogP) is 3.77. The first-order valence-electron chi connectivity index (χ1n) is 7.50. The summed E-state index contributed by atoms with van der Waals surface area (Å²) in [6, 6.07) is 8.02. The summed E-state index contributed by atoms with van der Waals surface area (Å²) < 4.78 is 5.49. The summed E-state index contributed by atoms with van der Waals surface area (Å²) in [6.07, 6.45) is 2.39. The zero-order valence-corrected chi connectivity index (χ0v) is 12.8. The molecule has 4 heteroatoms. The number of benzene rings is 1. The molecule has 1 fully saturated rings. The van der Waals surface area contributed by atoms with Crippen molar-refractivity contribution in [2.24, 2.45) is 0 Å². The first-order valence-corrected chi connectivity index (χ1v) is 7.50. The Morgan fingerprint density at radius 1 is 1.24 bits per heavy atom. The van der Waals surface area contributed by atoms with Crippen LogP contribution < -0.4 is 10.1 Å². The molecule has 0 aliphatic heterocycles. The first-order chi connectivity index (χ1) is 10.2. The van der Waals surface area contributed by atoms with Crippen molar-refractivity contribution in [1.29, 1.82) is 0 Å². The van der Waals surface area contributed by atoms with E-state index in [0.29, 0.717) is 5.92 Å². The van der Waals surface area contributed by atoms with Crippen LogP contribution in [0.2, 0.25) is 0 Å². The summed E-state index contributed by atoms with van der Waals surface area (Å²) >= 11 is 0. The van der Waals surface area contributed by atoms with Gasteiger partial charge in [-0.25, -0.2) is 9.97 Å². The Hall–Kier alpha value is -2.10. The van der Waals surface area contributed by atoms with Gasteiger partial charge >= 0.3 is 0 Å². The quantitative estimate of drug-likeness (QED) is 0.907. The van der Waals surface area contributed by atoms with Gasteiger partial charge in [0.15, 0.2) is 0 Å². The normalized spacial score (nSPS) is 14.0. The number of hydrogen-bond donors (Lipinski definition) is 1. The van der Waals surface area contributed by atoms with Crippen LogP contribution in [0.1, 0.15) is 37.1 Å². The maximum Gasteiger partial charge on any atom is 0.134 e. The molecule has 21 heavy (non-hydrogen) atoms. The Bertz CT molecular complexity index is 650. The molecule has 110 valence electrons. The third-order valence-corrected chi connectivity index (χ3v) is 3.81. The van der Waals surface area contributed by atoms with E-state index in [2.05, 4.69) is 25.2 Å². The highest BCUT2D eigenvalue weighted by atomic mass is 16.5. The van der Waals surface area contributed by atoms with Crippen molar-refractivity contribution in [3.63, 3.8) is 0 Å². The molecule has 1 aromatic carbocycles. The third kappa shape index (κ3) is 2.71. The largest absolute Gasteiger partial charge is 0.496 e. The van der Waals surface area contributed by atoms with Crippen molar-refractivity contribution >= 4 is 5.82 Å². The average Bonchev–Trinajstić information content (AvgIpc) is 3.34. The van der Waals surface area contributed by atoms with Crippen LogP contribution >= 0.6 is 0 Å². The average molecular weight is 283 g/mol. The van der Waals surface area contributed by atoms with Crippen LogP contribution in [0.4, 0.5) is 5.82 Å². The minimum absolute atomic E-state index is 0.525. The molecule has 4 nitrogen and oxygen atoms in total. The van der Waals surface area contributed by atoms with Crippen LogP contribution in [0.15, 0.2) is 24.3 Å². The van der Waals surface area contributed by atoms with Crippen LogP contribution in [0.25, 0.3) is 11.3 Å². The Morgan fingerprint density at radius 2 is 2.00 bits per heavy atom. The number of para-hydroxylation sites is 1. The van der Waals surface area contributed by atoms with Crippen molar-refractivity contribution < 1.29 is 4.74 Å². The van der Waals surface area contributed by atoms with Gasteiger partial charge in [0.2, 0.25) is 0 Å². The molecule has 0 saturated heterocycles. The van der Waals surface area contributed by atoms with E-state index in [0.717, 1.165) is 40.8 Å². The fourth-order valence-corrected chi connectivity index (χ4v) is 2.50. The molecule has 0 radical (unpaired) electrons. The van der Waals surface area contributed by atoms with E-state index in [-0.39, 0.29) is 0 Å². The number of methoxy groups -OCH3 is 1. The number of aromatic nitrogens is 2. The van der Waals surface area contributed by atoms with Gasteiger partial charge in [0, 0.05) is 23.6 Å². The standard InChI is InChI=1S/C17H21N3O/c1-4-18-16-11(2)15(19-17(20-16)12-9-10-12)13-7-5-6-8-14(13)21-3/h5-8,12H,4,9-10H2,1-3H3,(H,18,19,20). The molecule has 1 N–H and O–H groups in total. The number of anilines is 1. The fraction of sp³-hybridized carbons (Fsp3) is 0.412. The van der Waals surface area contributed by atoms with Crippen molar-refractivity contribution in [3.8, 4) is 17.0 Å². The Balaban J connectivity index is 2.15. The van der Waals surface area contributed by atoms with Crippen molar-refractivity contribution in [3.05, 3.63) is 35.7 Å². The second kappa shape index (κ2) is 5.72. The molecule has 0 atom stereocenters. The minimum Gasteiger partial charge on any atom is -0.496 e. The lowest BCUT2D eigenvalue weighted by molar-refractivity contribution is 0.416. The zero-order valence-electron chi connectivity index (χ0n) is 12.8. The van der Waals surface area contributed by atoms with E-state index in [1.54, 1.807) is 7.11 Å². The van der Waals surface area contributed by atoms with Crippen molar-refractivity contribution in [2.45, 2.75) is 32.6 Å². The topological polar surface area (TPSA) is 47.0 Å². The van der Waals surface area contributed by atoms with Gasteiger partial charge in [-0.2, -0.15) is 0 Å². The molecule has 1 saturated carbocycles. The van der Waals surface area contributed by atoms with E-state index in [4.69, 9.17) is 14.7 Å². The maximum absolute atomic E-state index is 5.49. The second-order valence-electron chi connectivity index (χ2n) is 5.41. The van der Waals surface area contributed by atoms with Crippen molar-refractivity contribution in [1.82, 2.24) is 9.97 Å². The van der Waals surface area contributed by atoms with Crippen LogP contribution in [0, 0.1) is 6.92 Å². The Morgan fingerprint density at radius 3 is 2.67 bits per heavy atom. The van der Waals surface area contributed by atoms with E-state index in [1.165, 1.54) is 12.8 Å². The number of hydrogen-bond acceptors (Lipinski definition) is 4. The molecule has 3 rings (SSSR count). The molecule has 0 spiro atoms. The molecule has 0 bridgehead atoms. The Kier molecular flexibility index (Phi) is 3.78. The lowest BCUT2D eigenvalue weighted by Gasteiger charge is -2.15. The molecule has 0 amide bonds. The molecule has 1 aliphatic carbocycles. The van der Waals surface area contributed by atoms with Crippen LogP contribution in [-0.4, -0.2) is 23.6 Å². The summed E-state index contributed by atoms with van der Waals surface area (Å²) in [5.41, 5.74) is 3.08. The van der Waals surface area contributed by atoms with Gasteiger partial charge < -0.3 is 10.1 Å². The van der Waals surface area contributed by atoms with Crippen LogP contribution in [0.3, 0.4) is 0 Å². The molecule has 2 aromatic rings. The summed E-state index contributed by atoms with van der Waals surface area (Å²) in [4.78, 5) is 9.53. The van der Waals surface area contributed by atoms with Crippen LogP contribution in [-0.2, 0) is 0 Å². The molecule has 1 aromatic heterocycles. The zero-order chi connectivity index (χ0) is 14.8. The van der Waals surface area contributed by atoms with Gasteiger partial charge in [0.1, 0.15) is 17.4 Å². The molecule has 1 heterocycles. The maximum atomic E-state index is 5.49. The lowest BCUT2D eigenvalue weighted by Crippen LogP contribution is -2.07. The molecule has 0 unspecified atom stereocenters. The number of nitrogens with one attached hydrogen (secondary N) is 1. The van der Waals surface area contributed by atoms with Gasteiger partial charge in [0.05, 0.1) is 12.8 Å². The van der Waals surface area contributed by atoms with Gasteiger partial charge in [-0.3, -0.25) is 0 Å². The van der Waals surface area contributed by atoms with Gasteiger partial charge in [0.25, 0.3) is 0 Å². The minimum atomic E-state index is 0.525. The highest BCUT2D eigenvalue weighted by molar-refractivity contribution is 5.73. The van der Waals surface area contributed by atoms with E-state index in [9.17, 15) is 0 Å². The van der Waals surface area contributed by atoms with E-state index in [1.807, 2.05) is 18.2 Å². The summed E-state index contributed by atoms with van der Waals surface area (Å²) in [6.45, 7) is 5.00. The lowest BCUT2D eigenvalue weighted by atomic mass is 10.1. The highest BCUT2D eigenvalue weighted by Gasteiger charge is 2.28. The van der Waals surface area contributed by atoms with Gasteiger partial charge in [-0.15, -0.1) is 0 Å². The van der Waals surface area contributed by atoms with Crippen LogP contribution in [0.5, 0.6) is 5.75 Å². The fourth-order valence-electron chi connectivity index (χ4n) is 2.50. The monoisotopic (exact) mass is 283 g/mol. The second-order valence-corrected chi connectivity index (χ2v) is 5.41. The molecular formula is C17H21N3O. The number of nitrogens with zero attached hydrogens (tertiary/aromatic N) is 2. The molecular weight excluding hydrogens is 262 g/mol. The third-order valence-electron chi connectivity index (χ3n) is 3.81. The van der Waals surface area contributed by atoms with Gasteiger partial charge in [-0.05, 0) is 38.8 Å². The SMILES string of the molecule is CCNc1nc(C2CC2)nc(-c2ccccc2OC)c1C. The first kappa shape index (κ1) is 13.9. The smallest absolute Gasteiger partial charge is 0.134 e. The number of rotatable bonds is 5. The molecule has 1 aliphatic rings. The van der Waals surface area contributed by atoms with E-state index < -0.39 is 0 Å². The summed E-state index contributed by atoms with van der Waals surface area (Å²) in [5, 5.41) is 3.35. The van der Waals surface area contributed by atoms with E-state index >= 15 is 0 Å². The van der Waals surface area contributed by atoms with Crippen molar-refractivity contribution in [2.75, 3.05) is 19.0 Å². The number of ether oxygens (including phenoxy) is 1. The van der Waals surface area contributed by atoms with Gasteiger partial charge in [-0.1, -0.05) is 12.1 Å². The summed E-state index contributed by atoms with van der Waals surface area (Å²) in [5.74, 6) is 3.27. The highest BCUT2D eigenvalue weighted by Crippen LogP contribution is 2.41.